The molecule has 2 rings (SSSR count). The molecule has 0 bridgehead atoms. The van der Waals surface area contributed by atoms with Gasteiger partial charge in [-0.25, -0.2) is 0 Å². The van der Waals surface area contributed by atoms with Crippen LogP contribution in [-0.4, -0.2) is 13.7 Å². The molecule has 2 aromatic rings. The minimum Gasteiger partial charge on any atom is -0.496 e. The SMILES string of the molecule is CCCNCc1cc(-c2cccc(CC)c2)ccc1OC. The fourth-order valence-electron chi connectivity index (χ4n) is 2.47. The minimum absolute atomic E-state index is 0.846. The van der Waals surface area contributed by atoms with Crippen molar-refractivity contribution in [2.24, 2.45) is 0 Å². The third kappa shape index (κ3) is 4.08. The average Bonchev–Trinajstić information content (AvgIpc) is 2.55. The molecule has 0 atom stereocenters. The number of aryl methyl sites for hydroxylation is 1. The molecule has 0 amide bonds. The molecule has 0 fully saturated rings. The van der Waals surface area contributed by atoms with E-state index in [2.05, 4.69) is 61.6 Å². The summed E-state index contributed by atoms with van der Waals surface area (Å²) in [6.07, 6.45) is 2.20. The molecule has 0 saturated heterocycles. The first-order valence-corrected chi connectivity index (χ1v) is 7.75. The molecule has 1 N–H and O–H groups in total. The topological polar surface area (TPSA) is 21.3 Å². The molecule has 2 nitrogen and oxygen atoms in total. The van der Waals surface area contributed by atoms with Crippen molar-refractivity contribution < 1.29 is 4.74 Å². The van der Waals surface area contributed by atoms with Gasteiger partial charge in [0.1, 0.15) is 5.75 Å². The zero-order valence-electron chi connectivity index (χ0n) is 13.3. The molecule has 0 aliphatic carbocycles. The van der Waals surface area contributed by atoms with E-state index in [0.717, 1.165) is 31.7 Å². The summed E-state index contributed by atoms with van der Waals surface area (Å²) in [4.78, 5) is 0. The molecule has 2 heteroatoms. The van der Waals surface area contributed by atoms with E-state index in [1.54, 1.807) is 7.11 Å². The quantitative estimate of drug-likeness (QED) is 0.759. The number of ether oxygens (including phenoxy) is 1. The molecule has 0 radical (unpaired) electrons. The normalized spacial score (nSPS) is 10.6. The molecule has 0 aliphatic heterocycles. The van der Waals surface area contributed by atoms with Crippen molar-refractivity contribution in [3.8, 4) is 16.9 Å². The Balaban J connectivity index is 2.29. The number of benzene rings is 2. The number of rotatable bonds is 7. The maximum atomic E-state index is 5.47. The van der Waals surface area contributed by atoms with Crippen LogP contribution >= 0.6 is 0 Å². The highest BCUT2D eigenvalue weighted by molar-refractivity contribution is 5.66. The first kappa shape index (κ1) is 15.6. The van der Waals surface area contributed by atoms with E-state index in [1.165, 1.54) is 22.3 Å². The fraction of sp³-hybridized carbons (Fsp3) is 0.368. The van der Waals surface area contributed by atoms with E-state index >= 15 is 0 Å². The largest absolute Gasteiger partial charge is 0.496 e. The molecule has 0 heterocycles. The van der Waals surface area contributed by atoms with Gasteiger partial charge in [0, 0.05) is 12.1 Å². The second-order valence-electron chi connectivity index (χ2n) is 5.26. The summed E-state index contributed by atoms with van der Waals surface area (Å²) in [7, 11) is 1.73. The summed E-state index contributed by atoms with van der Waals surface area (Å²) in [6, 6.07) is 15.2. The second kappa shape index (κ2) is 7.84. The molecule has 0 unspecified atom stereocenters. The van der Waals surface area contributed by atoms with Crippen molar-refractivity contribution in [1.82, 2.24) is 5.32 Å². The van der Waals surface area contributed by atoms with E-state index < -0.39 is 0 Å². The second-order valence-corrected chi connectivity index (χ2v) is 5.26. The predicted octanol–water partition coefficient (Wildman–Crippen LogP) is 4.42. The Bertz CT molecular complexity index is 578. The summed E-state index contributed by atoms with van der Waals surface area (Å²) in [5.41, 5.74) is 5.10. The van der Waals surface area contributed by atoms with E-state index in [1.807, 2.05) is 0 Å². The Hall–Kier alpha value is -1.80. The summed E-state index contributed by atoms with van der Waals surface area (Å²) in [5, 5.41) is 3.45. The van der Waals surface area contributed by atoms with E-state index in [9.17, 15) is 0 Å². The highest BCUT2D eigenvalue weighted by Crippen LogP contribution is 2.27. The lowest BCUT2D eigenvalue weighted by Crippen LogP contribution is -2.14. The Morgan fingerprint density at radius 2 is 1.81 bits per heavy atom. The average molecular weight is 283 g/mol. The third-order valence-corrected chi connectivity index (χ3v) is 3.69. The lowest BCUT2D eigenvalue weighted by atomic mass is 9.99. The number of nitrogens with one attached hydrogen (secondary N) is 1. The highest BCUT2D eigenvalue weighted by atomic mass is 16.5. The van der Waals surface area contributed by atoms with Gasteiger partial charge < -0.3 is 10.1 Å². The number of hydrogen-bond acceptors (Lipinski definition) is 2. The third-order valence-electron chi connectivity index (χ3n) is 3.69. The Morgan fingerprint density at radius 3 is 2.52 bits per heavy atom. The van der Waals surface area contributed by atoms with Gasteiger partial charge in [-0.2, -0.15) is 0 Å². The Labute approximate surface area is 128 Å². The molecule has 21 heavy (non-hydrogen) atoms. The minimum atomic E-state index is 0.846. The van der Waals surface area contributed by atoms with Crippen molar-refractivity contribution in [2.45, 2.75) is 33.2 Å². The van der Waals surface area contributed by atoms with Gasteiger partial charge in [-0.3, -0.25) is 0 Å². The lowest BCUT2D eigenvalue weighted by Gasteiger charge is -2.12. The van der Waals surface area contributed by atoms with Crippen molar-refractivity contribution in [1.29, 1.82) is 0 Å². The van der Waals surface area contributed by atoms with Crippen LogP contribution in [-0.2, 0) is 13.0 Å². The van der Waals surface area contributed by atoms with Crippen LogP contribution in [0.1, 0.15) is 31.4 Å². The maximum absolute atomic E-state index is 5.47. The first-order valence-electron chi connectivity index (χ1n) is 7.75. The zero-order chi connectivity index (χ0) is 15.1. The Kier molecular flexibility index (Phi) is 5.82. The highest BCUT2D eigenvalue weighted by Gasteiger charge is 2.06. The van der Waals surface area contributed by atoms with Gasteiger partial charge in [0.2, 0.25) is 0 Å². The van der Waals surface area contributed by atoms with Crippen LogP contribution in [0.25, 0.3) is 11.1 Å². The zero-order valence-corrected chi connectivity index (χ0v) is 13.3. The van der Waals surface area contributed by atoms with Crippen LogP contribution in [0.5, 0.6) is 5.75 Å². The lowest BCUT2D eigenvalue weighted by molar-refractivity contribution is 0.408. The van der Waals surface area contributed by atoms with Gasteiger partial charge in [0.05, 0.1) is 7.11 Å². The molecule has 0 spiro atoms. The maximum Gasteiger partial charge on any atom is 0.123 e. The molecule has 0 aromatic heterocycles. The van der Waals surface area contributed by atoms with Crippen LogP contribution in [0.2, 0.25) is 0 Å². The smallest absolute Gasteiger partial charge is 0.123 e. The van der Waals surface area contributed by atoms with Crippen LogP contribution in [0, 0.1) is 0 Å². The van der Waals surface area contributed by atoms with Crippen LogP contribution in [0.3, 0.4) is 0 Å². The fourth-order valence-corrected chi connectivity index (χ4v) is 2.47. The summed E-state index contributed by atoms with van der Waals surface area (Å²) in [5.74, 6) is 0.953. The van der Waals surface area contributed by atoms with Gasteiger partial charge in [-0.05, 0) is 48.2 Å². The standard InChI is InChI=1S/C19H25NO/c1-4-11-20-14-18-13-17(9-10-19(18)21-3)16-8-6-7-15(5-2)12-16/h6-10,12-13,20H,4-5,11,14H2,1-3H3. The van der Waals surface area contributed by atoms with Gasteiger partial charge in [0.25, 0.3) is 0 Å². The van der Waals surface area contributed by atoms with Crippen LogP contribution < -0.4 is 10.1 Å². The van der Waals surface area contributed by atoms with Gasteiger partial charge in [0.15, 0.2) is 0 Å². The summed E-state index contributed by atoms with van der Waals surface area (Å²) < 4.78 is 5.47. The first-order chi connectivity index (χ1) is 10.3. The summed E-state index contributed by atoms with van der Waals surface area (Å²) >= 11 is 0. The monoisotopic (exact) mass is 283 g/mol. The van der Waals surface area contributed by atoms with E-state index in [-0.39, 0.29) is 0 Å². The van der Waals surface area contributed by atoms with Crippen molar-refractivity contribution >= 4 is 0 Å². The molecule has 2 aromatic carbocycles. The van der Waals surface area contributed by atoms with Crippen LogP contribution in [0.4, 0.5) is 0 Å². The molecule has 0 aliphatic rings. The molecular formula is C19H25NO. The van der Waals surface area contributed by atoms with E-state index in [0.29, 0.717) is 0 Å². The van der Waals surface area contributed by atoms with Crippen molar-refractivity contribution in [3.63, 3.8) is 0 Å². The van der Waals surface area contributed by atoms with Crippen LogP contribution in [0.15, 0.2) is 42.5 Å². The van der Waals surface area contributed by atoms with Crippen molar-refractivity contribution in [3.05, 3.63) is 53.6 Å². The van der Waals surface area contributed by atoms with Crippen molar-refractivity contribution in [2.75, 3.05) is 13.7 Å². The Morgan fingerprint density at radius 1 is 1.00 bits per heavy atom. The van der Waals surface area contributed by atoms with E-state index in [4.69, 9.17) is 4.74 Å². The summed E-state index contributed by atoms with van der Waals surface area (Å²) in [6.45, 7) is 6.24. The molecule has 0 saturated carbocycles. The van der Waals surface area contributed by atoms with Gasteiger partial charge in [-0.1, -0.05) is 44.2 Å². The van der Waals surface area contributed by atoms with Gasteiger partial charge in [-0.15, -0.1) is 0 Å². The molecular weight excluding hydrogens is 258 g/mol. The molecule has 112 valence electrons. The number of hydrogen-bond donors (Lipinski definition) is 1. The predicted molar refractivity (Wildman–Crippen MR) is 89.8 cm³/mol. The van der Waals surface area contributed by atoms with Gasteiger partial charge >= 0.3 is 0 Å². The number of methoxy groups -OCH3 is 1.